The number of ether oxygens (including phenoxy) is 1. The van der Waals surface area contributed by atoms with Gasteiger partial charge >= 0.3 is 0 Å². The molecule has 2 aliphatic heterocycles. The largest absolute Gasteiger partial charge is 0.378 e. The van der Waals surface area contributed by atoms with Crippen molar-refractivity contribution >= 4 is 0 Å². The highest BCUT2D eigenvalue weighted by molar-refractivity contribution is 5.21. The van der Waals surface area contributed by atoms with E-state index in [1.165, 1.54) is 37.2 Å². The lowest BCUT2D eigenvalue weighted by atomic mass is 9.87. The summed E-state index contributed by atoms with van der Waals surface area (Å²) in [6.07, 6.45) is 8.70. The number of pyridine rings is 1. The van der Waals surface area contributed by atoms with Gasteiger partial charge in [0.2, 0.25) is 0 Å². The second kappa shape index (κ2) is 7.28. The Labute approximate surface area is 150 Å². The van der Waals surface area contributed by atoms with Gasteiger partial charge in [-0.2, -0.15) is 0 Å². The lowest BCUT2D eigenvalue weighted by Crippen LogP contribution is -2.60. The van der Waals surface area contributed by atoms with E-state index in [2.05, 4.69) is 56.9 Å². The fourth-order valence-electron chi connectivity index (χ4n) is 4.34. The van der Waals surface area contributed by atoms with Crippen molar-refractivity contribution in [2.24, 2.45) is 7.05 Å². The fraction of sp³-hybridized carbons (Fsp3) is 0.550. The summed E-state index contributed by atoms with van der Waals surface area (Å²) in [7, 11) is 3.96. The second-order valence-electron chi connectivity index (χ2n) is 7.31. The average molecular weight is 340 g/mol. The van der Waals surface area contributed by atoms with E-state index >= 15 is 0 Å². The standard InChI is InChI=1S/C20H28N4O/c1-22-11-3-4-18(22)14-23-12-7-17(8-13-23)24-15-19(25-2)20(24)16-5-9-21-10-6-16/h3-6,9-11,17,19-20H,7-8,12-15H2,1-2H3/t19-,20-/m0/s1. The molecular weight excluding hydrogens is 312 g/mol. The lowest BCUT2D eigenvalue weighted by molar-refractivity contribution is -0.116. The van der Waals surface area contributed by atoms with Gasteiger partial charge in [0.15, 0.2) is 0 Å². The zero-order valence-electron chi connectivity index (χ0n) is 15.2. The number of rotatable bonds is 5. The number of aromatic nitrogens is 2. The molecule has 0 spiro atoms. The van der Waals surface area contributed by atoms with Crippen LogP contribution in [0.5, 0.6) is 0 Å². The Hall–Kier alpha value is -1.69. The molecule has 25 heavy (non-hydrogen) atoms. The van der Waals surface area contributed by atoms with Crippen LogP contribution in [-0.2, 0) is 18.3 Å². The number of nitrogens with zero attached hydrogens (tertiary/aromatic N) is 4. The molecule has 2 atom stereocenters. The molecule has 0 aliphatic carbocycles. The molecule has 0 bridgehead atoms. The monoisotopic (exact) mass is 340 g/mol. The van der Waals surface area contributed by atoms with Crippen molar-refractivity contribution < 1.29 is 4.74 Å². The summed E-state index contributed by atoms with van der Waals surface area (Å²) < 4.78 is 7.93. The molecule has 5 nitrogen and oxygen atoms in total. The Morgan fingerprint density at radius 3 is 2.56 bits per heavy atom. The van der Waals surface area contributed by atoms with E-state index in [1.54, 1.807) is 0 Å². The molecule has 2 aromatic heterocycles. The van der Waals surface area contributed by atoms with Crippen molar-refractivity contribution in [3.8, 4) is 0 Å². The van der Waals surface area contributed by atoms with E-state index in [9.17, 15) is 0 Å². The number of piperidine rings is 1. The summed E-state index contributed by atoms with van der Waals surface area (Å²) in [6.45, 7) is 4.46. The Balaban J connectivity index is 1.36. The van der Waals surface area contributed by atoms with E-state index in [4.69, 9.17) is 4.74 Å². The van der Waals surface area contributed by atoms with Crippen LogP contribution in [0.15, 0.2) is 42.9 Å². The van der Waals surface area contributed by atoms with Gasteiger partial charge in [-0.3, -0.25) is 14.8 Å². The number of hydrogen-bond donors (Lipinski definition) is 0. The molecule has 0 amide bonds. The van der Waals surface area contributed by atoms with Crippen LogP contribution in [0, 0.1) is 0 Å². The minimum absolute atomic E-state index is 0.309. The van der Waals surface area contributed by atoms with Crippen molar-refractivity contribution in [2.45, 2.75) is 37.6 Å². The highest BCUT2D eigenvalue weighted by Gasteiger charge is 2.44. The molecule has 2 aromatic rings. The molecule has 0 radical (unpaired) electrons. The molecule has 134 valence electrons. The summed E-state index contributed by atoms with van der Waals surface area (Å²) in [5.74, 6) is 0. The smallest absolute Gasteiger partial charge is 0.0895 e. The molecule has 0 N–H and O–H groups in total. The van der Waals surface area contributed by atoms with Crippen LogP contribution in [0.2, 0.25) is 0 Å². The van der Waals surface area contributed by atoms with Gasteiger partial charge in [-0.05, 0) is 42.7 Å². The predicted molar refractivity (Wildman–Crippen MR) is 98.2 cm³/mol. The van der Waals surface area contributed by atoms with Crippen LogP contribution in [-0.4, -0.2) is 58.2 Å². The lowest BCUT2D eigenvalue weighted by Gasteiger charge is -2.53. The first kappa shape index (κ1) is 16.8. The summed E-state index contributed by atoms with van der Waals surface area (Å²) in [5, 5.41) is 0. The van der Waals surface area contributed by atoms with Crippen LogP contribution in [0.3, 0.4) is 0 Å². The molecule has 0 unspecified atom stereocenters. The maximum atomic E-state index is 5.70. The van der Waals surface area contributed by atoms with Gasteiger partial charge < -0.3 is 9.30 Å². The Bertz CT molecular complexity index is 678. The molecule has 0 aromatic carbocycles. The van der Waals surface area contributed by atoms with E-state index < -0.39 is 0 Å². The molecule has 0 saturated carbocycles. The maximum absolute atomic E-state index is 5.70. The third-order valence-corrected chi connectivity index (χ3v) is 5.91. The first-order chi connectivity index (χ1) is 12.3. The number of methoxy groups -OCH3 is 1. The Morgan fingerprint density at radius 1 is 1.16 bits per heavy atom. The van der Waals surface area contributed by atoms with Gasteiger partial charge in [0, 0.05) is 70.7 Å². The van der Waals surface area contributed by atoms with Crippen molar-refractivity contribution in [1.82, 2.24) is 19.4 Å². The maximum Gasteiger partial charge on any atom is 0.0895 e. The summed E-state index contributed by atoms with van der Waals surface area (Å²) in [5.41, 5.74) is 2.73. The minimum Gasteiger partial charge on any atom is -0.378 e. The minimum atomic E-state index is 0.309. The van der Waals surface area contributed by atoms with Crippen molar-refractivity contribution in [2.75, 3.05) is 26.7 Å². The Kier molecular flexibility index (Phi) is 4.88. The third kappa shape index (κ3) is 3.36. The van der Waals surface area contributed by atoms with Crippen molar-refractivity contribution in [1.29, 1.82) is 0 Å². The topological polar surface area (TPSA) is 33.5 Å². The SMILES string of the molecule is CO[C@H]1CN(C2CCN(Cc3cccn3C)CC2)[C@H]1c1ccncc1. The van der Waals surface area contributed by atoms with Crippen molar-refractivity contribution in [3.63, 3.8) is 0 Å². The van der Waals surface area contributed by atoms with E-state index in [0.717, 1.165) is 13.1 Å². The van der Waals surface area contributed by atoms with Crippen LogP contribution in [0.25, 0.3) is 0 Å². The van der Waals surface area contributed by atoms with E-state index in [-0.39, 0.29) is 0 Å². The van der Waals surface area contributed by atoms with Crippen LogP contribution < -0.4 is 0 Å². The zero-order valence-corrected chi connectivity index (χ0v) is 15.2. The van der Waals surface area contributed by atoms with Crippen LogP contribution >= 0.6 is 0 Å². The summed E-state index contributed by atoms with van der Waals surface area (Å²) in [6, 6.07) is 9.67. The number of aryl methyl sites for hydroxylation is 1. The van der Waals surface area contributed by atoms with Gasteiger partial charge in [-0.25, -0.2) is 0 Å². The Morgan fingerprint density at radius 2 is 1.92 bits per heavy atom. The highest BCUT2D eigenvalue weighted by atomic mass is 16.5. The van der Waals surface area contributed by atoms with Gasteiger partial charge in [-0.15, -0.1) is 0 Å². The molecule has 2 fully saturated rings. The quantitative estimate of drug-likeness (QED) is 0.837. The van der Waals surface area contributed by atoms with Crippen molar-refractivity contribution in [3.05, 3.63) is 54.1 Å². The van der Waals surface area contributed by atoms with Gasteiger partial charge in [0.25, 0.3) is 0 Å². The number of likely N-dealkylation sites (tertiary alicyclic amines) is 2. The first-order valence-electron chi connectivity index (χ1n) is 9.27. The van der Waals surface area contributed by atoms with Crippen LogP contribution in [0.4, 0.5) is 0 Å². The zero-order chi connectivity index (χ0) is 17.2. The highest BCUT2D eigenvalue weighted by Crippen LogP contribution is 2.39. The van der Waals surface area contributed by atoms with Gasteiger partial charge in [0.05, 0.1) is 12.1 Å². The van der Waals surface area contributed by atoms with Gasteiger partial charge in [0.1, 0.15) is 0 Å². The predicted octanol–water partition coefficient (Wildman–Crippen LogP) is 2.46. The normalized spacial score (nSPS) is 25.8. The molecule has 4 rings (SSSR count). The second-order valence-corrected chi connectivity index (χ2v) is 7.31. The molecule has 5 heteroatoms. The fourth-order valence-corrected chi connectivity index (χ4v) is 4.34. The third-order valence-electron chi connectivity index (χ3n) is 5.91. The van der Waals surface area contributed by atoms with E-state index in [0.29, 0.717) is 18.2 Å². The molecule has 2 saturated heterocycles. The van der Waals surface area contributed by atoms with E-state index in [1.807, 2.05) is 19.5 Å². The summed E-state index contributed by atoms with van der Waals surface area (Å²) in [4.78, 5) is 9.39. The van der Waals surface area contributed by atoms with Gasteiger partial charge in [-0.1, -0.05) is 0 Å². The molecular formula is C20H28N4O. The molecule has 2 aliphatic rings. The molecule has 4 heterocycles. The van der Waals surface area contributed by atoms with Crippen LogP contribution in [0.1, 0.15) is 30.1 Å². The average Bonchev–Trinajstić information content (AvgIpc) is 3.02. The first-order valence-corrected chi connectivity index (χ1v) is 9.27. The number of hydrogen-bond acceptors (Lipinski definition) is 4. The summed E-state index contributed by atoms with van der Waals surface area (Å²) >= 11 is 0.